The van der Waals surface area contributed by atoms with Gasteiger partial charge in [-0.15, -0.1) is 8.20 Å². The van der Waals surface area contributed by atoms with Crippen LogP contribution in [0.2, 0.25) is 10.1 Å². The molecule has 0 bridgehead atoms. The minimum absolute atomic E-state index is 0.0259. The van der Waals surface area contributed by atoms with Crippen LogP contribution in [0.15, 0.2) is 49.2 Å². The molecule has 0 fully saturated rings. The molecule has 0 spiro atoms. The van der Waals surface area contributed by atoms with Gasteiger partial charge in [0.25, 0.3) is 5.91 Å². The number of pyridine rings is 2. The van der Waals surface area contributed by atoms with Crippen molar-refractivity contribution in [3.8, 4) is 17.8 Å². The molecule has 0 saturated heterocycles. The molecule has 3 unspecified atom stereocenters. The molecule has 4 aromatic heterocycles. The molecule has 1 N–H and O–H groups in total. The number of anilines is 1. The molecule has 1 amide bonds. The van der Waals surface area contributed by atoms with Crippen LogP contribution in [0, 0.1) is 11.3 Å². The molecule has 12 nitrogen and oxygen atoms in total. The number of carbonyl (C=O) groups excluding carboxylic acids is 1. The summed E-state index contributed by atoms with van der Waals surface area (Å²) in [4.78, 5) is 30.5. The summed E-state index contributed by atoms with van der Waals surface area (Å²) in [5, 5.41) is 17.0. The van der Waals surface area contributed by atoms with E-state index in [9.17, 15) is 4.79 Å². The molecule has 0 aliphatic carbocycles. The van der Waals surface area contributed by atoms with Crippen LogP contribution in [0.5, 0.6) is 5.88 Å². The summed E-state index contributed by atoms with van der Waals surface area (Å²) >= 11 is 6.34. The number of amides is 1. The molecule has 0 radical (unpaired) electrons. The number of ether oxygens (including phenoxy) is 2. The molecule has 45 heavy (non-hydrogen) atoms. The summed E-state index contributed by atoms with van der Waals surface area (Å²) in [5.74, 6) is 1.11. The van der Waals surface area contributed by atoms with Crippen LogP contribution in [0.4, 0.5) is 5.82 Å². The van der Waals surface area contributed by atoms with Crippen molar-refractivity contribution >= 4 is 70.2 Å². The third kappa shape index (κ3) is 7.97. The molecule has 0 aliphatic heterocycles. The highest BCUT2D eigenvalue weighted by Crippen LogP contribution is 2.51. The average molecular weight is 684 g/mol. The molecule has 3 atom stereocenters. The second kappa shape index (κ2) is 15.1. The van der Waals surface area contributed by atoms with Crippen molar-refractivity contribution in [1.29, 1.82) is 5.26 Å². The lowest BCUT2D eigenvalue weighted by Gasteiger charge is -2.33. The smallest absolute Gasteiger partial charge is 0.442 e. The molecule has 0 aromatic carbocycles. The predicted octanol–water partition coefficient (Wildman–Crippen LogP) is 5.25. The molecule has 4 heterocycles. The van der Waals surface area contributed by atoms with Gasteiger partial charge in [-0.1, -0.05) is 38.7 Å². The van der Waals surface area contributed by atoms with Gasteiger partial charge in [-0.2, -0.15) is 15.0 Å². The molecular weight excluding hydrogens is 650 g/mol. The van der Waals surface area contributed by atoms with E-state index in [1.807, 2.05) is 6.07 Å². The van der Waals surface area contributed by atoms with Crippen molar-refractivity contribution in [1.82, 2.24) is 29.7 Å². The van der Waals surface area contributed by atoms with Gasteiger partial charge < -0.3 is 19.2 Å². The van der Waals surface area contributed by atoms with E-state index in [0.29, 0.717) is 34.0 Å². The molecule has 234 valence electrons. The normalized spacial score (nSPS) is 14.0. The van der Waals surface area contributed by atoms with Crippen LogP contribution in [0.3, 0.4) is 0 Å². The molecule has 0 aliphatic rings. The topological polar surface area (TPSA) is 150 Å². The Kier molecular flexibility index (Phi) is 11.5. The highest BCUT2D eigenvalue weighted by molar-refractivity contribution is 7.93. The van der Waals surface area contributed by atoms with E-state index < -0.39 is 27.1 Å². The van der Waals surface area contributed by atoms with Crippen molar-refractivity contribution in [2.45, 2.75) is 31.9 Å². The van der Waals surface area contributed by atoms with Gasteiger partial charge in [0.15, 0.2) is 11.5 Å². The minimum atomic E-state index is -2.24. The second-order valence-corrected chi connectivity index (χ2v) is 22.3. The average Bonchev–Trinajstić information content (AvgIpc) is 3.44. The number of nitriles is 1. The van der Waals surface area contributed by atoms with E-state index in [2.05, 4.69) is 70.4 Å². The lowest BCUT2D eigenvalue weighted by Crippen LogP contribution is -2.47. The molecule has 0 saturated carbocycles. The maximum atomic E-state index is 13.5. The van der Waals surface area contributed by atoms with Gasteiger partial charge in [0, 0.05) is 17.4 Å². The van der Waals surface area contributed by atoms with Crippen molar-refractivity contribution in [2.75, 3.05) is 37.6 Å². The zero-order chi connectivity index (χ0) is 32.6. The van der Waals surface area contributed by atoms with Crippen molar-refractivity contribution in [3.63, 3.8) is 0 Å². The van der Waals surface area contributed by atoms with Crippen molar-refractivity contribution in [2.24, 2.45) is 0 Å². The monoisotopic (exact) mass is 683 g/mol. The highest BCUT2D eigenvalue weighted by Gasteiger charge is 2.57. The number of rotatable bonds is 14. The summed E-state index contributed by atoms with van der Waals surface area (Å²) in [7, 11) is -1.78. The molecular formula is C29H34ClN8O4P2Si+. The Labute approximate surface area is 270 Å². The van der Waals surface area contributed by atoms with Crippen LogP contribution in [0.1, 0.15) is 26.3 Å². The Bertz CT molecular complexity index is 1730. The summed E-state index contributed by atoms with van der Waals surface area (Å²) < 4.78 is 20.2. The van der Waals surface area contributed by atoms with Crippen LogP contribution in [0.25, 0.3) is 16.9 Å². The van der Waals surface area contributed by atoms with E-state index in [1.165, 1.54) is 29.5 Å². The number of carbonyl (C=O) groups is 1. The Balaban J connectivity index is 1.54. The number of aromatic nitrogens is 6. The first-order valence-electron chi connectivity index (χ1n) is 13.8. The molecule has 4 rings (SSSR count). The largest absolute Gasteiger partial charge is 0.461 e. The first-order valence-corrected chi connectivity index (χ1v) is 20.4. The van der Waals surface area contributed by atoms with E-state index in [0.717, 1.165) is 14.0 Å². The SMILES string of the molecule is C=PC[Si](OCCOCC(Oc1ncnc2c1cnn2-c1ncccc1Cl)C(=O)Nc1ccc(C#N)cn1)([P+](=C)C)C(C)(C)C. The Hall–Kier alpha value is -3.62. The summed E-state index contributed by atoms with van der Waals surface area (Å²) in [6, 6.07) is 8.50. The standard InChI is InChI=1S/C29H33ClN8O4P2Si/c1-29(2,3)45(19-43-4,44(5)6)41-13-12-40-17-23(27(39)37-24-10-9-20(14-31)15-33-24)42-28-21-16-36-38(25(21)34-18-35-28)26-22(30)8-7-11-32-26/h7-11,15-16,18,23H,4-5,12-13,17,19H2,1-3,6H3/p+1. The summed E-state index contributed by atoms with van der Waals surface area (Å²) in [6.45, 7) is 9.24. The van der Waals surface area contributed by atoms with E-state index >= 15 is 0 Å². The lowest BCUT2D eigenvalue weighted by atomic mass is 10.3. The number of nitrogens with one attached hydrogen (secondary N) is 1. The fourth-order valence-electron chi connectivity index (χ4n) is 4.56. The highest BCUT2D eigenvalue weighted by atomic mass is 35.5. The number of fused-ring (bicyclic) bond motifs is 1. The third-order valence-electron chi connectivity index (χ3n) is 6.91. The second-order valence-electron chi connectivity index (χ2n) is 11.0. The fraction of sp³-hybridized carbons (Fsp3) is 0.345. The minimum Gasteiger partial charge on any atom is -0.461 e. The van der Waals surface area contributed by atoms with Crippen molar-refractivity contribution < 1.29 is 18.7 Å². The Morgan fingerprint density at radius 2 is 2.02 bits per heavy atom. The van der Waals surface area contributed by atoms with Gasteiger partial charge in [-0.05, 0) is 24.3 Å². The number of hydrogen-bond donors (Lipinski definition) is 1. The zero-order valence-electron chi connectivity index (χ0n) is 25.5. The fourth-order valence-corrected chi connectivity index (χ4v) is 18.9. The predicted molar refractivity (Wildman–Crippen MR) is 183 cm³/mol. The molecule has 16 heteroatoms. The van der Waals surface area contributed by atoms with E-state index in [4.69, 9.17) is 30.8 Å². The van der Waals surface area contributed by atoms with Gasteiger partial charge in [-0.3, -0.25) is 4.79 Å². The summed E-state index contributed by atoms with van der Waals surface area (Å²) in [5.41, 5.74) is 0.754. The van der Waals surface area contributed by atoms with Crippen molar-refractivity contribution in [3.05, 3.63) is 59.8 Å². The van der Waals surface area contributed by atoms with Crippen LogP contribution >= 0.6 is 26.9 Å². The van der Waals surface area contributed by atoms with Gasteiger partial charge in [0.1, 0.15) is 23.6 Å². The van der Waals surface area contributed by atoms with Gasteiger partial charge in [0.05, 0.1) is 62.4 Å². The lowest BCUT2D eigenvalue weighted by molar-refractivity contribution is -0.125. The number of nitrogens with zero attached hydrogens (tertiary/aromatic N) is 7. The van der Waals surface area contributed by atoms with Gasteiger partial charge in [0.2, 0.25) is 12.0 Å². The van der Waals surface area contributed by atoms with Crippen LogP contribution in [-0.2, 0) is 14.0 Å². The quantitative estimate of drug-likeness (QED) is 0.106. The van der Waals surface area contributed by atoms with Gasteiger partial charge in [-0.25, -0.2) is 19.9 Å². The molecule has 4 aromatic rings. The Morgan fingerprint density at radius 1 is 1.22 bits per heavy atom. The van der Waals surface area contributed by atoms with E-state index in [1.54, 1.807) is 24.4 Å². The first-order chi connectivity index (χ1) is 21.5. The van der Waals surface area contributed by atoms with E-state index in [-0.39, 0.29) is 29.9 Å². The van der Waals surface area contributed by atoms with Crippen LogP contribution in [-0.4, -0.2) is 94.6 Å². The third-order valence-corrected chi connectivity index (χ3v) is 21.4. The Morgan fingerprint density at radius 3 is 2.67 bits per heavy atom. The van der Waals surface area contributed by atoms with Gasteiger partial charge >= 0.3 is 7.98 Å². The van der Waals surface area contributed by atoms with Crippen LogP contribution < -0.4 is 10.1 Å². The maximum Gasteiger partial charge on any atom is 0.442 e. The zero-order valence-corrected chi connectivity index (χ0v) is 29.0. The maximum absolute atomic E-state index is 13.5. The number of hydrogen-bond acceptors (Lipinski definition) is 10. The first kappa shape index (κ1) is 34.3. The number of halogens is 1. The summed E-state index contributed by atoms with van der Waals surface area (Å²) in [6.07, 6.45) is 13.1.